The highest BCUT2D eigenvalue weighted by atomic mass is 35.5. The second-order valence-corrected chi connectivity index (χ2v) is 5.78. The van der Waals surface area contributed by atoms with Gasteiger partial charge in [0.25, 0.3) is 5.91 Å². The zero-order valence-electron chi connectivity index (χ0n) is 12.0. The molecule has 2 aromatic rings. The fraction of sp³-hybridized carbons (Fsp3) is 0.312. The Morgan fingerprint density at radius 2 is 2.05 bits per heavy atom. The van der Waals surface area contributed by atoms with Gasteiger partial charge < -0.3 is 9.73 Å². The third-order valence-corrected chi connectivity index (χ3v) is 3.74. The Labute approximate surface area is 134 Å². The molecular weight excluding hydrogens is 309 g/mol. The fourth-order valence-corrected chi connectivity index (χ4v) is 2.54. The summed E-state index contributed by atoms with van der Waals surface area (Å²) in [6.45, 7) is 3.90. The van der Waals surface area contributed by atoms with Gasteiger partial charge in [-0.2, -0.15) is 0 Å². The smallest absolute Gasteiger partial charge is 0.287 e. The second kappa shape index (κ2) is 7.01. The van der Waals surface area contributed by atoms with Crippen LogP contribution >= 0.6 is 23.2 Å². The Kier molecular flexibility index (Phi) is 5.32. The number of benzene rings is 1. The van der Waals surface area contributed by atoms with Crippen molar-refractivity contribution in [2.45, 2.75) is 32.7 Å². The molecule has 5 heteroatoms. The highest BCUT2D eigenvalue weighted by Gasteiger charge is 2.14. The van der Waals surface area contributed by atoms with E-state index in [0.29, 0.717) is 22.2 Å². The molecule has 1 amide bonds. The molecule has 0 aliphatic carbocycles. The number of aryl methyl sites for hydroxylation is 1. The van der Waals surface area contributed by atoms with Gasteiger partial charge in [0.2, 0.25) is 0 Å². The van der Waals surface area contributed by atoms with Crippen molar-refractivity contribution in [1.82, 2.24) is 5.32 Å². The van der Waals surface area contributed by atoms with E-state index in [-0.39, 0.29) is 11.9 Å². The molecule has 1 aromatic heterocycles. The molecule has 0 saturated heterocycles. The van der Waals surface area contributed by atoms with Gasteiger partial charge in [-0.3, -0.25) is 4.79 Å². The normalized spacial score (nSPS) is 12.2. The molecule has 21 heavy (non-hydrogen) atoms. The van der Waals surface area contributed by atoms with Gasteiger partial charge in [0, 0.05) is 22.5 Å². The predicted molar refractivity (Wildman–Crippen MR) is 85.2 cm³/mol. The predicted octanol–water partition coefficient (Wildman–Crippen LogP) is 4.51. The van der Waals surface area contributed by atoms with Crippen LogP contribution in [0.3, 0.4) is 0 Å². The average molecular weight is 326 g/mol. The van der Waals surface area contributed by atoms with E-state index in [1.807, 2.05) is 26.0 Å². The molecule has 0 aliphatic heterocycles. The van der Waals surface area contributed by atoms with Crippen LogP contribution in [0.5, 0.6) is 0 Å². The van der Waals surface area contributed by atoms with Crippen molar-refractivity contribution in [2.75, 3.05) is 0 Å². The molecular formula is C16H17Cl2NO2. The molecule has 112 valence electrons. The molecule has 0 spiro atoms. The first-order valence-electron chi connectivity index (χ1n) is 6.83. The Morgan fingerprint density at radius 3 is 2.67 bits per heavy atom. The molecule has 1 aromatic carbocycles. The van der Waals surface area contributed by atoms with Gasteiger partial charge in [0.15, 0.2) is 5.76 Å². The van der Waals surface area contributed by atoms with Crippen molar-refractivity contribution in [1.29, 1.82) is 0 Å². The summed E-state index contributed by atoms with van der Waals surface area (Å²) >= 11 is 12.0. The van der Waals surface area contributed by atoms with E-state index in [0.717, 1.165) is 17.7 Å². The van der Waals surface area contributed by atoms with Crippen LogP contribution in [0.2, 0.25) is 10.0 Å². The number of amides is 1. The third-order valence-electron chi connectivity index (χ3n) is 3.15. The minimum Gasteiger partial charge on any atom is -0.456 e. The van der Waals surface area contributed by atoms with Crippen molar-refractivity contribution >= 4 is 29.1 Å². The summed E-state index contributed by atoms with van der Waals surface area (Å²) < 4.78 is 5.43. The first kappa shape index (κ1) is 15.9. The Balaban J connectivity index is 1.97. The van der Waals surface area contributed by atoms with Crippen LogP contribution in [0.25, 0.3) is 0 Å². The molecule has 1 N–H and O–H groups in total. The van der Waals surface area contributed by atoms with E-state index in [4.69, 9.17) is 27.6 Å². The zero-order chi connectivity index (χ0) is 15.4. The van der Waals surface area contributed by atoms with Crippen molar-refractivity contribution in [3.63, 3.8) is 0 Å². The molecule has 1 unspecified atom stereocenters. The van der Waals surface area contributed by atoms with Crippen LogP contribution in [-0.4, -0.2) is 11.9 Å². The van der Waals surface area contributed by atoms with E-state index < -0.39 is 0 Å². The minimum absolute atomic E-state index is 0.0636. The summed E-state index contributed by atoms with van der Waals surface area (Å²) in [7, 11) is 0. The quantitative estimate of drug-likeness (QED) is 0.878. The molecule has 0 radical (unpaired) electrons. The molecule has 1 heterocycles. The molecule has 3 nitrogen and oxygen atoms in total. The fourth-order valence-electron chi connectivity index (χ4n) is 2.05. The van der Waals surface area contributed by atoms with Gasteiger partial charge in [0.1, 0.15) is 5.76 Å². The van der Waals surface area contributed by atoms with E-state index in [1.54, 1.807) is 18.2 Å². The van der Waals surface area contributed by atoms with Crippen molar-refractivity contribution in [2.24, 2.45) is 0 Å². The summed E-state index contributed by atoms with van der Waals surface area (Å²) in [6, 6.07) is 8.80. The Hall–Kier alpha value is -1.45. The van der Waals surface area contributed by atoms with E-state index in [9.17, 15) is 4.79 Å². The van der Waals surface area contributed by atoms with Gasteiger partial charge >= 0.3 is 0 Å². The standard InChI is InChI=1S/C16H17Cl2NO2/c1-3-13-6-7-15(21-13)16(20)19-10(2)8-11-4-5-12(17)9-14(11)18/h4-7,9-10H,3,8H2,1-2H3,(H,19,20). The van der Waals surface area contributed by atoms with Gasteiger partial charge in [0.05, 0.1) is 0 Å². The van der Waals surface area contributed by atoms with E-state index in [1.165, 1.54) is 0 Å². The number of carbonyl (C=O) groups is 1. The first-order valence-corrected chi connectivity index (χ1v) is 7.58. The summed E-state index contributed by atoms with van der Waals surface area (Å²) in [4.78, 5) is 12.1. The minimum atomic E-state index is -0.215. The third kappa shape index (κ3) is 4.26. The van der Waals surface area contributed by atoms with Crippen LogP contribution in [-0.2, 0) is 12.8 Å². The number of hydrogen-bond donors (Lipinski definition) is 1. The van der Waals surface area contributed by atoms with Gasteiger partial charge in [-0.15, -0.1) is 0 Å². The van der Waals surface area contributed by atoms with Crippen LogP contribution in [0.4, 0.5) is 0 Å². The number of nitrogens with one attached hydrogen (secondary N) is 1. The summed E-state index contributed by atoms with van der Waals surface area (Å²) in [5.41, 5.74) is 0.947. The monoisotopic (exact) mass is 325 g/mol. The van der Waals surface area contributed by atoms with Crippen LogP contribution < -0.4 is 5.32 Å². The van der Waals surface area contributed by atoms with Gasteiger partial charge in [-0.1, -0.05) is 36.2 Å². The average Bonchev–Trinajstić information content (AvgIpc) is 2.91. The maximum atomic E-state index is 12.1. The van der Waals surface area contributed by atoms with Crippen molar-refractivity contribution in [3.8, 4) is 0 Å². The number of rotatable bonds is 5. The first-order chi connectivity index (χ1) is 9.99. The Morgan fingerprint density at radius 1 is 1.29 bits per heavy atom. The van der Waals surface area contributed by atoms with Crippen LogP contribution in [0, 0.1) is 0 Å². The van der Waals surface area contributed by atoms with Crippen molar-refractivity contribution < 1.29 is 9.21 Å². The number of furan rings is 1. The van der Waals surface area contributed by atoms with Crippen LogP contribution in [0.15, 0.2) is 34.7 Å². The number of halogens is 2. The SMILES string of the molecule is CCc1ccc(C(=O)NC(C)Cc2ccc(Cl)cc2Cl)o1. The van der Waals surface area contributed by atoms with Crippen LogP contribution in [0.1, 0.15) is 35.7 Å². The molecule has 0 bridgehead atoms. The van der Waals surface area contributed by atoms with E-state index in [2.05, 4.69) is 5.32 Å². The molecule has 0 fully saturated rings. The summed E-state index contributed by atoms with van der Waals surface area (Å²) in [5.74, 6) is 0.918. The molecule has 1 atom stereocenters. The number of hydrogen-bond acceptors (Lipinski definition) is 2. The lowest BCUT2D eigenvalue weighted by atomic mass is 10.1. The highest BCUT2D eigenvalue weighted by molar-refractivity contribution is 6.35. The summed E-state index contributed by atoms with van der Waals surface area (Å²) in [5, 5.41) is 4.11. The molecule has 2 rings (SSSR count). The zero-order valence-corrected chi connectivity index (χ0v) is 13.5. The lowest BCUT2D eigenvalue weighted by molar-refractivity contribution is 0.0910. The maximum absolute atomic E-state index is 12.1. The largest absolute Gasteiger partial charge is 0.456 e. The lowest BCUT2D eigenvalue weighted by Gasteiger charge is -2.14. The second-order valence-electron chi connectivity index (χ2n) is 4.93. The van der Waals surface area contributed by atoms with Gasteiger partial charge in [-0.25, -0.2) is 0 Å². The van der Waals surface area contributed by atoms with Gasteiger partial charge in [-0.05, 0) is 43.2 Å². The topological polar surface area (TPSA) is 42.2 Å². The van der Waals surface area contributed by atoms with E-state index >= 15 is 0 Å². The van der Waals surface area contributed by atoms with Crippen molar-refractivity contribution in [3.05, 3.63) is 57.5 Å². The highest BCUT2D eigenvalue weighted by Crippen LogP contribution is 2.22. The Bertz CT molecular complexity index is 637. The molecule has 0 saturated carbocycles. The maximum Gasteiger partial charge on any atom is 0.287 e. The molecule has 0 aliphatic rings. The summed E-state index contributed by atoms with van der Waals surface area (Å²) in [6.07, 6.45) is 1.40. The lowest BCUT2D eigenvalue weighted by Crippen LogP contribution is -2.33. The number of carbonyl (C=O) groups excluding carboxylic acids is 1.